The summed E-state index contributed by atoms with van der Waals surface area (Å²) in [5.41, 5.74) is 7.41. The van der Waals surface area contributed by atoms with Crippen LogP contribution in [0.5, 0.6) is 5.75 Å². The maximum absolute atomic E-state index is 9.45. The van der Waals surface area contributed by atoms with Crippen LogP contribution >= 0.6 is 0 Å². The molecule has 1 fully saturated rings. The van der Waals surface area contributed by atoms with Gasteiger partial charge in [0.1, 0.15) is 5.75 Å². The average molecular weight is 236 g/mol. The zero-order chi connectivity index (χ0) is 12.3. The molecule has 0 spiro atoms. The van der Waals surface area contributed by atoms with E-state index in [0.717, 1.165) is 31.5 Å². The topological polar surface area (TPSA) is 67.5 Å². The van der Waals surface area contributed by atoms with Crippen molar-refractivity contribution in [3.8, 4) is 5.75 Å². The van der Waals surface area contributed by atoms with Gasteiger partial charge in [-0.2, -0.15) is 0 Å². The summed E-state index contributed by atoms with van der Waals surface area (Å²) in [5.74, 6) is 1.26. The van der Waals surface area contributed by atoms with E-state index in [1.54, 1.807) is 7.11 Å². The van der Waals surface area contributed by atoms with Crippen LogP contribution < -0.4 is 15.8 Å². The first kappa shape index (κ1) is 12.0. The molecule has 0 radical (unpaired) electrons. The lowest BCUT2D eigenvalue weighted by Crippen LogP contribution is -2.12. The number of nitrogen functional groups attached to an aromatic ring is 1. The van der Waals surface area contributed by atoms with Crippen molar-refractivity contribution in [2.24, 2.45) is 5.92 Å². The number of methoxy groups -OCH3 is 1. The third kappa shape index (κ3) is 3.03. The molecule has 2 rings (SSSR count). The lowest BCUT2D eigenvalue weighted by Gasteiger charge is -2.13. The zero-order valence-corrected chi connectivity index (χ0v) is 10.1. The summed E-state index contributed by atoms with van der Waals surface area (Å²) in [6, 6.07) is 5.69. The monoisotopic (exact) mass is 236 g/mol. The maximum atomic E-state index is 9.45. The Morgan fingerprint density at radius 1 is 1.47 bits per heavy atom. The summed E-state index contributed by atoms with van der Waals surface area (Å²) in [5, 5.41) is 12.8. The molecule has 0 aromatic heterocycles. The number of aliphatic hydroxyl groups is 1. The number of ether oxygens (including phenoxy) is 1. The Balaban J connectivity index is 1.90. The Kier molecular flexibility index (Phi) is 3.74. The van der Waals surface area contributed by atoms with Gasteiger partial charge in [-0.3, -0.25) is 0 Å². The predicted molar refractivity (Wildman–Crippen MR) is 69.2 cm³/mol. The molecule has 4 heteroatoms. The Morgan fingerprint density at radius 2 is 2.29 bits per heavy atom. The zero-order valence-electron chi connectivity index (χ0n) is 10.1. The molecular weight excluding hydrogens is 216 g/mol. The third-order valence-electron chi connectivity index (χ3n) is 3.34. The lowest BCUT2D eigenvalue weighted by atomic mass is 10.1. The number of hydrogen-bond acceptors (Lipinski definition) is 4. The first-order chi connectivity index (χ1) is 8.19. The SMILES string of the molecule is COc1cc(NCC2CCC(O)C2)ccc1N. The quantitative estimate of drug-likeness (QED) is 0.698. The van der Waals surface area contributed by atoms with Crippen LogP contribution in [0.4, 0.5) is 11.4 Å². The number of hydrogen-bond donors (Lipinski definition) is 3. The van der Waals surface area contributed by atoms with Crippen LogP contribution in [0.1, 0.15) is 19.3 Å². The van der Waals surface area contributed by atoms with E-state index in [1.165, 1.54) is 0 Å². The lowest BCUT2D eigenvalue weighted by molar-refractivity contribution is 0.178. The molecule has 94 valence electrons. The van der Waals surface area contributed by atoms with E-state index in [-0.39, 0.29) is 6.10 Å². The number of nitrogens with one attached hydrogen (secondary N) is 1. The smallest absolute Gasteiger partial charge is 0.143 e. The Bertz CT molecular complexity index is 382. The molecule has 0 bridgehead atoms. The molecule has 1 aliphatic carbocycles. The van der Waals surface area contributed by atoms with Crippen molar-refractivity contribution in [3.63, 3.8) is 0 Å². The molecule has 0 heterocycles. The highest BCUT2D eigenvalue weighted by molar-refractivity contribution is 5.61. The Labute approximate surface area is 102 Å². The summed E-state index contributed by atoms with van der Waals surface area (Å²) in [4.78, 5) is 0. The van der Waals surface area contributed by atoms with Crippen LogP contribution in [0.15, 0.2) is 18.2 Å². The number of benzene rings is 1. The Morgan fingerprint density at radius 3 is 2.94 bits per heavy atom. The molecule has 1 aromatic carbocycles. The fourth-order valence-electron chi connectivity index (χ4n) is 2.32. The van der Waals surface area contributed by atoms with Crippen molar-refractivity contribution >= 4 is 11.4 Å². The van der Waals surface area contributed by atoms with E-state index in [1.807, 2.05) is 18.2 Å². The van der Waals surface area contributed by atoms with Crippen LogP contribution in [0.3, 0.4) is 0 Å². The maximum Gasteiger partial charge on any atom is 0.143 e. The van der Waals surface area contributed by atoms with E-state index in [0.29, 0.717) is 17.4 Å². The van der Waals surface area contributed by atoms with Crippen LogP contribution in [0, 0.1) is 5.92 Å². The van der Waals surface area contributed by atoms with Gasteiger partial charge < -0.3 is 20.9 Å². The van der Waals surface area contributed by atoms with Crippen molar-refractivity contribution in [1.82, 2.24) is 0 Å². The van der Waals surface area contributed by atoms with E-state index in [4.69, 9.17) is 10.5 Å². The molecule has 0 aliphatic heterocycles. The minimum atomic E-state index is -0.109. The van der Waals surface area contributed by atoms with Gasteiger partial charge in [0.05, 0.1) is 18.9 Å². The van der Waals surface area contributed by atoms with Crippen molar-refractivity contribution < 1.29 is 9.84 Å². The van der Waals surface area contributed by atoms with Gasteiger partial charge in [-0.15, -0.1) is 0 Å². The van der Waals surface area contributed by atoms with Crippen LogP contribution in [0.2, 0.25) is 0 Å². The van der Waals surface area contributed by atoms with Gasteiger partial charge in [0.25, 0.3) is 0 Å². The highest BCUT2D eigenvalue weighted by atomic mass is 16.5. The summed E-state index contributed by atoms with van der Waals surface area (Å²) in [7, 11) is 1.61. The van der Waals surface area contributed by atoms with Crippen molar-refractivity contribution in [3.05, 3.63) is 18.2 Å². The molecule has 4 nitrogen and oxygen atoms in total. The van der Waals surface area contributed by atoms with E-state index in [9.17, 15) is 5.11 Å². The van der Waals surface area contributed by atoms with Crippen molar-refractivity contribution in [2.75, 3.05) is 24.7 Å². The summed E-state index contributed by atoms with van der Waals surface area (Å²) in [6.07, 6.45) is 2.82. The normalized spacial score (nSPS) is 23.6. The number of aliphatic hydroxyl groups excluding tert-OH is 1. The minimum absolute atomic E-state index is 0.109. The van der Waals surface area contributed by atoms with Gasteiger partial charge in [-0.25, -0.2) is 0 Å². The molecule has 0 saturated heterocycles. The predicted octanol–water partition coefficient (Wildman–Crippen LogP) is 1.85. The summed E-state index contributed by atoms with van der Waals surface area (Å²) >= 11 is 0. The standard InChI is InChI=1S/C13H20N2O2/c1-17-13-7-10(3-5-12(13)14)15-8-9-2-4-11(16)6-9/h3,5,7,9,11,15-16H,2,4,6,8,14H2,1H3. The summed E-state index contributed by atoms with van der Waals surface area (Å²) < 4.78 is 5.17. The average Bonchev–Trinajstić information content (AvgIpc) is 2.74. The number of anilines is 2. The second-order valence-corrected chi connectivity index (χ2v) is 4.67. The van der Waals surface area contributed by atoms with Gasteiger partial charge in [0.15, 0.2) is 0 Å². The summed E-state index contributed by atoms with van der Waals surface area (Å²) in [6.45, 7) is 0.893. The molecule has 1 saturated carbocycles. The molecule has 1 aliphatic rings. The molecular formula is C13H20N2O2. The molecule has 17 heavy (non-hydrogen) atoms. The van der Waals surface area contributed by atoms with E-state index in [2.05, 4.69) is 5.32 Å². The fourth-order valence-corrected chi connectivity index (χ4v) is 2.32. The molecule has 2 atom stereocenters. The van der Waals surface area contributed by atoms with E-state index < -0.39 is 0 Å². The molecule has 4 N–H and O–H groups in total. The van der Waals surface area contributed by atoms with Crippen molar-refractivity contribution in [1.29, 1.82) is 0 Å². The molecule has 0 amide bonds. The number of nitrogens with two attached hydrogens (primary N) is 1. The van der Waals surface area contributed by atoms with Gasteiger partial charge >= 0.3 is 0 Å². The minimum Gasteiger partial charge on any atom is -0.495 e. The fraction of sp³-hybridized carbons (Fsp3) is 0.538. The number of rotatable bonds is 4. The first-order valence-electron chi connectivity index (χ1n) is 6.04. The highest BCUT2D eigenvalue weighted by Gasteiger charge is 2.22. The van der Waals surface area contributed by atoms with Crippen LogP contribution in [-0.2, 0) is 0 Å². The molecule has 1 aromatic rings. The highest BCUT2D eigenvalue weighted by Crippen LogP contribution is 2.28. The first-order valence-corrected chi connectivity index (χ1v) is 6.04. The third-order valence-corrected chi connectivity index (χ3v) is 3.34. The van der Waals surface area contributed by atoms with Gasteiger partial charge in [-0.05, 0) is 37.3 Å². The van der Waals surface area contributed by atoms with Crippen molar-refractivity contribution in [2.45, 2.75) is 25.4 Å². The van der Waals surface area contributed by atoms with E-state index >= 15 is 0 Å². The second-order valence-electron chi connectivity index (χ2n) is 4.67. The van der Waals surface area contributed by atoms with Crippen LogP contribution in [-0.4, -0.2) is 24.9 Å². The van der Waals surface area contributed by atoms with Gasteiger partial charge in [-0.1, -0.05) is 0 Å². The Hall–Kier alpha value is -1.42. The van der Waals surface area contributed by atoms with Crippen LogP contribution in [0.25, 0.3) is 0 Å². The second kappa shape index (κ2) is 5.27. The molecule has 2 unspecified atom stereocenters. The van der Waals surface area contributed by atoms with Gasteiger partial charge in [0, 0.05) is 18.3 Å². The largest absolute Gasteiger partial charge is 0.495 e. The van der Waals surface area contributed by atoms with Gasteiger partial charge in [0.2, 0.25) is 0 Å².